The molecule has 0 atom stereocenters. The maximum atomic E-state index is 5.88. The summed E-state index contributed by atoms with van der Waals surface area (Å²) < 4.78 is 0. The van der Waals surface area contributed by atoms with Crippen LogP contribution in [0.4, 0.5) is 0 Å². The molecule has 0 saturated heterocycles. The van der Waals surface area contributed by atoms with E-state index in [1.54, 1.807) is 0 Å². The van der Waals surface area contributed by atoms with Crippen LogP contribution in [0.2, 0.25) is 5.02 Å². The Morgan fingerprint density at radius 3 is 2.42 bits per heavy atom. The summed E-state index contributed by atoms with van der Waals surface area (Å²) in [6.07, 6.45) is 2.75. The highest BCUT2D eigenvalue weighted by Crippen LogP contribution is 2.20. The summed E-state index contributed by atoms with van der Waals surface area (Å²) in [6.45, 7) is 0. The molecule has 3 heteroatoms. The Bertz CT molecular complexity index is 657. The van der Waals surface area contributed by atoms with E-state index in [-0.39, 0.29) is 0 Å². The predicted octanol–water partition coefficient (Wildman–Crippen LogP) is 4.32. The molecule has 0 unspecified atom stereocenters. The number of halogens is 1. The number of aromatic nitrogens is 2. The molecule has 0 radical (unpaired) electrons. The van der Waals surface area contributed by atoms with Crippen LogP contribution in [0.25, 0.3) is 11.3 Å². The van der Waals surface area contributed by atoms with Gasteiger partial charge < -0.3 is 4.98 Å². The highest BCUT2D eigenvalue weighted by atomic mass is 35.5. The fourth-order valence-electron chi connectivity index (χ4n) is 2.01. The van der Waals surface area contributed by atoms with Crippen molar-refractivity contribution >= 4 is 11.6 Å². The molecule has 1 N–H and O–H groups in total. The first-order valence-electron chi connectivity index (χ1n) is 6.15. The second-order valence-corrected chi connectivity index (χ2v) is 4.84. The van der Waals surface area contributed by atoms with Crippen molar-refractivity contribution in [3.05, 3.63) is 77.2 Å². The van der Waals surface area contributed by atoms with Crippen LogP contribution >= 0.6 is 11.6 Å². The van der Waals surface area contributed by atoms with Crippen molar-refractivity contribution in [1.29, 1.82) is 0 Å². The van der Waals surface area contributed by atoms with Crippen molar-refractivity contribution in [1.82, 2.24) is 9.97 Å². The van der Waals surface area contributed by atoms with Gasteiger partial charge in [-0.1, -0.05) is 54.1 Å². The molecule has 3 aromatic rings. The minimum atomic E-state index is 0.740. The van der Waals surface area contributed by atoms with Gasteiger partial charge in [-0.25, -0.2) is 4.98 Å². The van der Waals surface area contributed by atoms with Gasteiger partial charge in [-0.05, 0) is 17.7 Å². The lowest BCUT2D eigenvalue weighted by Gasteiger charge is -1.97. The highest BCUT2D eigenvalue weighted by Gasteiger charge is 2.04. The molecule has 19 heavy (non-hydrogen) atoms. The SMILES string of the molecule is Clc1ccc(-c2c[nH]c(Cc3ccccc3)n2)cc1. The van der Waals surface area contributed by atoms with E-state index in [4.69, 9.17) is 11.6 Å². The Balaban J connectivity index is 1.82. The minimum Gasteiger partial charge on any atom is -0.348 e. The molecular weight excluding hydrogens is 256 g/mol. The zero-order valence-electron chi connectivity index (χ0n) is 10.3. The number of benzene rings is 2. The van der Waals surface area contributed by atoms with Gasteiger partial charge in [0, 0.05) is 23.2 Å². The van der Waals surface area contributed by atoms with Gasteiger partial charge in [-0.3, -0.25) is 0 Å². The molecular formula is C16H13ClN2. The fourth-order valence-corrected chi connectivity index (χ4v) is 2.14. The van der Waals surface area contributed by atoms with Crippen LogP contribution < -0.4 is 0 Å². The van der Waals surface area contributed by atoms with Gasteiger partial charge >= 0.3 is 0 Å². The third-order valence-electron chi connectivity index (χ3n) is 2.99. The van der Waals surface area contributed by atoms with E-state index in [9.17, 15) is 0 Å². The van der Waals surface area contributed by atoms with Gasteiger partial charge in [0.25, 0.3) is 0 Å². The summed E-state index contributed by atoms with van der Waals surface area (Å²) in [6, 6.07) is 18.0. The number of imidazole rings is 1. The maximum Gasteiger partial charge on any atom is 0.111 e. The zero-order chi connectivity index (χ0) is 13.1. The summed E-state index contributed by atoms with van der Waals surface area (Å²) in [4.78, 5) is 7.83. The van der Waals surface area contributed by atoms with E-state index in [1.165, 1.54) is 5.56 Å². The van der Waals surface area contributed by atoms with Crippen LogP contribution in [-0.2, 0) is 6.42 Å². The average Bonchev–Trinajstić information content (AvgIpc) is 2.89. The molecule has 94 valence electrons. The largest absolute Gasteiger partial charge is 0.348 e. The molecule has 3 rings (SSSR count). The number of nitrogens with zero attached hydrogens (tertiary/aromatic N) is 1. The van der Waals surface area contributed by atoms with Crippen molar-refractivity contribution in [3.63, 3.8) is 0 Å². The molecule has 2 aromatic carbocycles. The van der Waals surface area contributed by atoms with E-state index in [0.29, 0.717) is 0 Å². The van der Waals surface area contributed by atoms with Crippen molar-refractivity contribution in [2.45, 2.75) is 6.42 Å². The Hall–Kier alpha value is -2.06. The lowest BCUT2D eigenvalue weighted by atomic mass is 10.1. The van der Waals surface area contributed by atoms with Gasteiger partial charge in [0.15, 0.2) is 0 Å². The van der Waals surface area contributed by atoms with Crippen LogP contribution in [0.3, 0.4) is 0 Å². The summed E-state index contributed by atoms with van der Waals surface area (Å²) in [5.41, 5.74) is 3.27. The second kappa shape index (κ2) is 5.29. The normalized spacial score (nSPS) is 10.6. The van der Waals surface area contributed by atoms with Gasteiger partial charge in [-0.15, -0.1) is 0 Å². The molecule has 0 bridgehead atoms. The monoisotopic (exact) mass is 268 g/mol. The molecule has 0 aliphatic rings. The summed E-state index contributed by atoms with van der Waals surface area (Å²) >= 11 is 5.88. The molecule has 0 amide bonds. The van der Waals surface area contributed by atoms with E-state index < -0.39 is 0 Å². The van der Waals surface area contributed by atoms with Crippen molar-refractivity contribution in [2.75, 3.05) is 0 Å². The van der Waals surface area contributed by atoms with Crippen LogP contribution in [0, 0.1) is 0 Å². The Morgan fingerprint density at radius 2 is 1.68 bits per heavy atom. The van der Waals surface area contributed by atoms with Crippen molar-refractivity contribution in [2.24, 2.45) is 0 Å². The summed E-state index contributed by atoms with van der Waals surface area (Å²) in [5, 5.41) is 0.740. The smallest absolute Gasteiger partial charge is 0.111 e. The van der Waals surface area contributed by atoms with E-state index in [1.807, 2.05) is 48.7 Å². The molecule has 0 aliphatic carbocycles. The third-order valence-corrected chi connectivity index (χ3v) is 3.24. The molecule has 0 spiro atoms. The van der Waals surface area contributed by atoms with Crippen LogP contribution in [-0.4, -0.2) is 9.97 Å². The topological polar surface area (TPSA) is 28.7 Å². The molecule has 0 fully saturated rings. The van der Waals surface area contributed by atoms with Crippen molar-refractivity contribution < 1.29 is 0 Å². The molecule has 0 aliphatic heterocycles. The number of nitrogens with one attached hydrogen (secondary N) is 1. The van der Waals surface area contributed by atoms with Crippen LogP contribution in [0.15, 0.2) is 60.8 Å². The summed E-state index contributed by atoms with van der Waals surface area (Å²) in [7, 11) is 0. The number of aromatic amines is 1. The lowest BCUT2D eigenvalue weighted by molar-refractivity contribution is 1.03. The standard InChI is InChI=1S/C16H13ClN2/c17-14-8-6-13(7-9-14)15-11-18-16(19-15)10-12-4-2-1-3-5-12/h1-9,11H,10H2,(H,18,19). The number of hydrogen-bond acceptors (Lipinski definition) is 1. The van der Waals surface area contributed by atoms with Gasteiger partial charge in [0.05, 0.1) is 5.69 Å². The first-order chi connectivity index (χ1) is 9.31. The molecule has 1 heterocycles. The average molecular weight is 269 g/mol. The first-order valence-corrected chi connectivity index (χ1v) is 6.53. The van der Waals surface area contributed by atoms with Crippen LogP contribution in [0.5, 0.6) is 0 Å². The fraction of sp³-hybridized carbons (Fsp3) is 0.0625. The minimum absolute atomic E-state index is 0.740. The first kappa shape index (κ1) is 12.0. The van der Waals surface area contributed by atoms with E-state index in [2.05, 4.69) is 22.1 Å². The highest BCUT2D eigenvalue weighted by molar-refractivity contribution is 6.30. The van der Waals surface area contributed by atoms with Gasteiger partial charge in [0.2, 0.25) is 0 Å². The van der Waals surface area contributed by atoms with E-state index in [0.717, 1.165) is 28.5 Å². The number of hydrogen-bond donors (Lipinski definition) is 1. The molecule has 1 aromatic heterocycles. The van der Waals surface area contributed by atoms with Gasteiger partial charge in [-0.2, -0.15) is 0 Å². The zero-order valence-corrected chi connectivity index (χ0v) is 11.1. The molecule has 2 nitrogen and oxygen atoms in total. The van der Waals surface area contributed by atoms with Crippen LogP contribution in [0.1, 0.15) is 11.4 Å². The third kappa shape index (κ3) is 2.85. The quantitative estimate of drug-likeness (QED) is 0.753. The maximum absolute atomic E-state index is 5.88. The van der Waals surface area contributed by atoms with Gasteiger partial charge in [0.1, 0.15) is 5.82 Å². The van der Waals surface area contributed by atoms with E-state index >= 15 is 0 Å². The number of H-pyrrole nitrogens is 1. The predicted molar refractivity (Wildman–Crippen MR) is 78.3 cm³/mol. The summed E-state index contributed by atoms with van der Waals surface area (Å²) in [5.74, 6) is 0.969. The lowest BCUT2D eigenvalue weighted by Crippen LogP contribution is -1.90. The Morgan fingerprint density at radius 1 is 0.947 bits per heavy atom. The number of rotatable bonds is 3. The Kier molecular flexibility index (Phi) is 3.34. The Labute approximate surface area is 117 Å². The molecule has 0 saturated carbocycles. The van der Waals surface area contributed by atoms with Crippen molar-refractivity contribution in [3.8, 4) is 11.3 Å². The second-order valence-electron chi connectivity index (χ2n) is 4.40.